The number of hydrogen-bond acceptors (Lipinski definition) is 5. The summed E-state index contributed by atoms with van der Waals surface area (Å²) in [5, 5.41) is 19.0. The standard InChI is InChI=1S/C22H26N4O3/c1-2-20(28)25-10-11-29-22-21-16(13-25)23-9-8-18(21)26(24-22)17-7-6-15(12-19(17)27)14-4-3-5-14/h2,6-7,12,14,16,23,27H,1,3-5,8-11,13H2. The number of rotatable bonds is 3. The van der Waals surface area contributed by atoms with Crippen molar-refractivity contribution in [2.75, 3.05) is 26.2 Å². The van der Waals surface area contributed by atoms with E-state index in [9.17, 15) is 9.90 Å². The Kier molecular flexibility index (Phi) is 4.54. The smallest absolute Gasteiger partial charge is 0.246 e. The summed E-state index contributed by atoms with van der Waals surface area (Å²) in [7, 11) is 0. The first kappa shape index (κ1) is 18.2. The second-order valence-corrected chi connectivity index (χ2v) is 8.05. The van der Waals surface area contributed by atoms with E-state index < -0.39 is 0 Å². The number of carbonyl (C=O) groups excluding carboxylic acids is 1. The van der Waals surface area contributed by atoms with Crippen molar-refractivity contribution in [3.63, 3.8) is 0 Å². The Morgan fingerprint density at radius 3 is 2.97 bits per heavy atom. The van der Waals surface area contributed by atoms with E-state index in [0.29, 0.717) is 37.2 Å². The maximum absolute atomic E-state index is 12.2. The van der Waals surface area contributed by atoms with Crippen molar-refractivity contribution in [1.29, 1.82) is 0 Å². The van der Waals surface area contributed by atoms with Crippen LogP contribution in [0.1, 0.15) is 48.0 Å². The number of benzene rings is 1. The van der Waals surface area contributed by atoms with Crippen LogP contribution in [-0.4, -0.2) is 51.9 Å². The Morgan fingerprint density at radius 2 is 2.24 bits per heavy atom. The van der Waals surface area contributed by atoms with E-state index in [0.717, 1.165) is 24.2 Å². The van der Waals surface area contributed by atoms with E-state index in [1.165, 1.54) is 30.9 Å². The summed E-state index contributed by atoms with van der Waals surface area (Å²) in [6.45, 7) is 5.80. The van der Waals surface area contributed by atoms with Crippen LogP contribution in [0.5, 0.6) is 11.6 Å². The van der Waals surface area contributed by atoms with Crippen molar-refractivity contribution >= 4 is 5.91 Å². The molecular formula is C22H26N4O3. The average Bonchev–Trinajstić information content (AvgIpc) is 3.03. The van der Waals surface area contributed by atoms with Crippen molar-refractivity contribution in [2.24, 2.45) is 0 Å². The van der Waals surface area contributed by atoms with E-state index in [-0.39, 0.29) is 17.7 Å². The molecule has 3 aliphatic rings. The number of aromatic nitrogens is 2. The monoisotopic (exact) mass is 394 g/mol. The van der Waals surface area contributed by atoms with E-state index >= 15 is 0 Å². The van der Waals surface area contributed by atoms with Crippen LogP contribution in [0.3, 0.4) is 0 Å². The summed E-state index contributed by atoms with van der Waals surface area (Å²) in [6, 6.07) is 5.90. The van der Waals surface area contributed by atoms with Gasteiger partial charge in [-0.05, 0) is 42.5 Å². The summed E-state index contributed by atoms with van der Waals surface area (Å²) in [6.07, 6.45) is 5.78. The molecule has 1 unspecified atom stereocenters. The molecule has 0 spiro atoms. The van der Waals surface area contributed by atoms with Crippen molar-refractivity contribution in [2.45, 2.75) is 37.6 Å². The van der Waals surface area contributed by atoms with Crippen LogP contribution in [0.15, 0.2) is 30.9 Å². The molecule has 1 aromatic carbocycles. The van der Waals surface area contributed by atoms with Gasteiger partial charge in [-0.1, -0.05) is 19.1 Å². The first-order valence-corrected chi connectivity index (χ1v) is 10.4. The molecule has 152 valence electrons. The Balaban J connectivity index is 1.53. The van der Waals surface area contributed by atoms with Gasteiger partial charge in [-0.2, -0.15) is 0 Å². The number of nitrogens with one attached hydrogen (secondary N) is 1. The van der Waals surface area contributed by atoms with E-state index in [1.807, 2.05) is 16.8 Å². The van der Waals surface area contributed by atoms with Gasteiger partial charge in [0, 0.05) is 19.5 Å². The number of phenols is 1. The highest BCUT2D eigenvalue weighted by Gasteiger charge is 2.34. The zero-order valence-electron chi connectivity index (χ0n) is 16.4. The van der Waals surface area contributed by atoms with Gasteiger partial charge >= 0.3 is 0 Å². The first-order chi connectivity index (χ1) is 14.2. The van der Waals surface area contributed by atoms with Crippen molar-refractivity contribution in [3.05, 3.63) is 47.7 Å². The van der Waals surface area contributed by atoms with Crippen molar-refractivity contribution in [1.82, 2.24) is 20.0 Å². The third-order valence-corrected chi connectivity index (χ3v) is 6.38. The SMILES string of the molecule is C=CC(=O)N1CCOc2nn(-c3ccc(C4CCC4)cc3O)c3c2C(C1)NCC3. The third-order valence-electron chi connectivity index (χ3n) is 6.38. The molecule has 1 saturated carbocycles. The molecule has 0 radical (unpaired) electrons. The molecule has 0 bridgehead atoms. The highest BCUT2D eigenvalue weighted by Crippen LogP contribution is 2.40. The first-order valence-electron chi connectivity index (χ1n) is 10.4. The van der Waals surface area contributed by atoms with Crippen LogP contribution >= 0.6 is 0 Å². The molecule has 0 saturated heterocycles. The number of phenolic OH excluding ortho intramolecular Hbond substituents is 1. The molecule has 2 aliphatic heterocycles. The molecule has 1 atom stereocenters. The summed E-state index contributed by atoms with van der Waals surface area (Å²) in [5.41, 5.74) is 3.90. The maximum atomic E-state index is 12.2. The quantitative estimate of drug-likeness (QED) is 0.782. The lowest BCUT2D eigenvalue weighted by Crippen LogP contribution is -2.44. The maximum Gasteiger partial charge on any atom is 0.246 e. The van der Waals surface area contributed by atoms with Gasteiger partial charge in [0.05, 0.1) is 23.8 Å². The molecule has 1 aromatic heterocycles. The highest BCUT2D eigenvalue weighted by molar-refractivity contribution is 5.87. The minimum absolute atomic E-state index is 0.0527. The molecular weight excluding hydrogens is 368 g/mol. The molecule has 5 rings (SSSR count). The third kappa shape index (κ3) is 3.09. The second-order valence-electron chi connectivity index (χ2n) is 8.05. The topological polar surface area (TPSA) is 79.6 Å². The largest absolute Gasteiger partial charge is 0.506 e. The number of carbonyl (C=O) groups is 1. The predicted octanol–water partition coefficient (Wildman–Crippen LogP) is 2.44. The number of amides is 1. The van der Waals surface area contributed by atoms with Crippen LogP contribution in [0, 0.1) is 0 Å². The number of ether oxygens (including phenoxy) is 1. The number of nitrogens with zero attached hydrogens (tertiary/aromatic N) is 3. The van der Waals surface area contributed by atoms with Crippen LogP contribution in [0.4, 0.5) is 0 Å². The molecule has 3 heterocycles. The van der Waals surface area contributed by atoms with Crippen molar-refractivity contribution in [3.8, 4) is 17.3 Å². The van der Waals surface area contributed by atoms with E-state index in [4.69, 9.17) is 9.84 Å². The minimum Gasteiger partial charge on any atom is -0.506 e. The van der Waals surface area contributed by atoms with Gasteiger partial charge in [0.25, 0.3) is 0 Å². The zero-order valence-corrected chi connectivity index (χ0v) is 16.4. The van der Waals surface area contributed by atoms with Gasteiger partial charge in [0.15, 0.2) is 0 Å². The molecule has 7 heteroatoms. The molecule has 29 heavy (non-hydrogen) atoms. The fourth-order valence-corrected chi connectivity index (χ4v) is 4.57. The summed E-state index contributed by atoms with van der Waals surface area (Å²) >= 11 is 0. The van der Waals surface area contributed by atoms with E-state index in [1.54, 1.807) is 4.90 Å². The second kappa shape index (κ2) is 7.22. The molecule has 7 nitrogen and oxygen atoms in total. The molecule has 2 N–H and O–H groups in total. The Morgan fingerprint density at radius 1 is 1.38 bits per heavy atom. The molecule has 2 aromatic rings. The Bertz CT molecular complexity index is 963. The summed E-state index contributed by atoms with van der Waals surface area (Å²) in [4.78, 5) is 13.9. The van der Waals surface area contributed by atoms with Crippen LogP contribution in [-0.2, 0) is 11.2 Å². The Hall–Kier alpha value is -2.80. The highest BCUT2D eigenvalue weighted by atomic mass is 16.5. The lowest BCUT2D eigenvalue weighted by atomic mass is 9.80. The van der Waals surface area contributed by atoms with Gasteiger partial charge in [-0.25, -0.2) is 4.68 Å². The van der Waals surface area contributed by atoms with Crippen LogP contribution < -0.4 is 10.1 Å². The lowest BCUT2D eigenvalue weighted by molar-refractivity contribution is -0.127. The zero-order chi connectivity index (χ0) is 20.0. The van der Waals surface area contributed by atoms with Gasteiger partial charge in [0.2, 0.25) is 11.8 Å². The normalized spacial score (nSPS) is 21.4. The number of hydrogen-bond donors (Lipinski definition) is 2. The average molecular weight is 394 g/mol. The molecule has 1 fully saturated rings. The predicted molar refractivity (Wildman–Crippen MR) is 109 cm³/mol. The fraction of sp³-hybridized carbons (Fsp3) is 0.455. The fourth-order valence-electron chi connectivity index (χ4n) is 4.57. The summed E-state index contributed by atoms with van der Waals surface area (Å²) < 4.78 is 7.77. The van der Waals surface area contributed by atoms with Gasteiger partial charge in [-0.15, -0.1) is 5.10 Å². The van der Waals surface area contributed by atoms with Crippen LogP contribution in [0.2, 0.25) is 0 Å². The van der Waals surface area contributed by atoms with E-state index in [2.05, 4.69) is 18.0 Å². The minimum atomic E-state index is -0.0948. The van der Waals surface area contributed by atoms with Gasteiger partial charge in [-0.3, -0.25) is 4.79 Å². The van der Waals surface area contributed by atoms with Gasteiger partial charge in [0.1, 0.15) is 18.0 Å². The Labute approximate surface area is 170 Å². The lowest BCUT2D eigenvalue weighted by Gasteiger charge is -2.32. The van der Waals surface area contributed by atoms with Crippen LogP contribution in [0.25, 0.3) is 5.69 Å². The number of aromatic hydroxyl groups is 1. The van der Waals surface area contributed by atoms with Crippen molar-refractivity contribution < 1.29 is 14.6 Å². The van der Waals surface area contributed by atoms with Gasteiger partial charge < -0.3 is 20.1 Å². The molecule has 1 amide bonds. The summed E-state index contributed by atoms with van der Waals surface area (Å²) in [5.74, 6) is 1.31. The molecule has 1 aliphatic carbocycles.